The van der Waals surface area contributed by atoms with Gasteiger partial charge in [-0.15, -0.1) is 0 Å². The Labute approximate surface area is 109 Å². The van der Waals surface area contributed by atoms with Gasteiger partial charge in [-0.2, -0.15) is 0 Å². The Morgan fingerprint density at radius 1 is 1.28 bits per heavy atom. The van der Waals surface area contributed by atoms with Crippen molar-refractivity contribution in [2.24, 2.45) is 0 Å². The second-order valence-electron chi connectivity index (χ2n) is 5.00. The van der Waals surface area contributed by atoms with E-state index in [1.54, 1.807) is 0 Å². The predicted octanol–water partition coefficient (Wildman–Crippen LogP) is 4.14. The van der Waals surface area contributed by atoms with Gasteiger partial charge in [0.05, 0.1) is 0 Å². The molecule has 1 unspecified atom stereocenters. The standard InChI is InChI=1S/C16H23NO/c1-3-11-17-13(2)7-6-9-15-12-14-8-4-5-10-16(14)18-15/h4-5,8,10,12-13,17H,3,6-7,9,11H2,1-2H3. The van der Waals surface area contributed by atoms with Gasteiger partial charge in [0.2, 0.25) is 0 Å². The summed E-state index contributed by atoms with van der Waals surface area (Å²) in [5.41, 5.74) is 1.00. The molecule has 98 valence electrons. The Morgan fingerprint density at radius 2 is 2.11 bits per heavy atom. The summed E-state index contributed by atoms with van der Waals surface area (Å²) in [7, 11) is 0. The summed E-state index contributed by atoms with van der Waals surface area (Å²) in [5.74, 6) is 1.11. The summed E-state index contributed by atoms with van der Waals surface area (Å²) in [6.45, 7) is 5.58. The van der Waals surface area contributed by atoms with Crippen molar-refractivity contribution in [3.63, 3.8) is 0 Å². The molecule has 0 saturated heterocycles. The van der Waals surface area contributed by atoms with E-state index < -0.39 is 0 Å². The Hall–Kier alpha value is -1.28. The van der Waals surface area contributed by atoms with Gasteiger partial charge in [-0.25, -0.2) is 0 Å². The van der Waals surface area contributed by atoms with Gasteiger partial charge in [-0.05, 0) is 44.9 Å². The van der Waals surface area contributed by atoms with Crippen LogP contribution in [0.2, 0.25) is 0 Å². The molecule has 0 bridgehead atoms. The lowest BCUT2D eigenvalue weighted by Crippen LogP contribution is -2.26. The lowest BCUT2D eigenvalue weighted by Gasteiger charge is -2.11. The zero-order chi connectivity index (χ0) is 12.8. The highest BCUT2D eigenvalue weighted by molar-refractivity contribution is 5.77. The van der Waals surface area contributed by atoms with Crippen molar-refractivity contribution in [3.05, 3.63) is 36.1 Å². The second kappa shape index (κ2) is 6.60. The number of para-hydroxylation sites is 1. The molecule has 0 radical (unpaired) electrons. The molecule has 2 nitrogen and oxygen atoms in total. The summed E-state index contributed by atoms with van der Waals surface area (Å²) >= 11 is 0. The van der Waals surface area contributed by atoms with Crippen molar-refractivity contribution in [2.45, 2.75) is 45.6 Å². The van der Waals surface area contributed by atoms with Crippen LogP contribution in [0, 0.1) is 0 Å². The van der Waals surface area contributed by atoms with Crippen LogP contribution in [0.5, 0.6) is 0 Å². The van der Waals surface area contributed by atoms with E-state index in [9.17, 15) is 0 Å². The molecule has 1 atom stereocenters. The summed E-state index contributed by atoms with van der Waals surface area (Å²) in [6, 6.07) is 11.0. The third-order valence-corrected chi connectivity index (χ3v) is 3.28. The van der Waals surface area contributed by atoms with Gasteiger partial charge in [0.1, 0.15) is 11.3 Å². The summed E-state index contributed by atoms with van der Waals surface area (Å²) in [4.78, 5) is 0. The van der Waals surface area contributed by atoms with E-state index in [1.807, 2.05) is 12.1 Å². The minimum atomic E-state index is 0.606. The molecule has 0 aliphatic carbocycles. The van der Waals surface area contributed by atoms with Crippen molar-refractivity contribution in [3.8, 4) is 0 Å². The lowest BCUT2D eigenvalue weighted by atomic mass is 10.1. The van der Waals surface area contributed by atoms with Gasteiger partial charge in [0.25, 0.3) is 0 Å². The third-order valence-electron chi connectivity index (χ3n) is 3.28. The fraction of sp³-hybridized carbons (Fsp3) is 0.500. The van der Waals surface area contributed by atoms with Crippen LogP contribution in [0.3, 0.4) is 0 Å². The first kappa shape index (κ1) is 13.2. The molecule has 18 heavy (non-hydrogen) atoms. The lowest BCUT2D eigenvalue weighted by molar-refractivity contribution is 0.475. The van der Waals surface area contributed by atoms with Crippen molar-refractivity contribution in [1.29, 1.82) is 0 Å². The molecular weight excluding hydrogens is 222 g/mol. The smallest absolute Gasteiger partial charge is 0.134 e. The minimum Gasteiger partial charge on any atom is -0.461 e. The number of hydrogen-bond donors (Lipinski definition) is 1. The van der Waals surface area contributed by atoms with Crippen LogP contribution in [0.15, 0.2) is 34.7 Å². The van der Waals surface area contributed by atoms with Crippen molar-refractivity contribution in [2.75, 3.05) is 6.54 Å². The zero-order valence-corrected chi connectivity index (χ0v) is 11.4. The van der Waals surface area contributed by atoms with E-state index in [0.717, 1.165) is 24.3 Å². The van der Waals surface area contributed by atoms with E-state index in [-0.39, 0.29) is 0 Å². The van der Waals surface area contributed by atoms with Crippen molar-refractivity contribution in [1.82, 2.24) is 5.32 Å². The maximum absolute atomic E-state index is 5.81. The van der Waals surface area contributed by atoms with Crippen LogP contribution in [-0.4, -0.2) is 12.6 Å². The molecule has 0 amide bonds. The Kier molecular flexibility index (Phi) is 4.82. The van der Waals surface area contributed by atoms with Crippen molar-refractivity contribution >= 4 is 11.0 Å². The van der Waals surface area contributed by atoms with E-state index in [0.29, 0.717) is 6.04 Å². The van der Waals surface area contributed by atoms with E-state index in [4.69, 9.17) is 4.42 Å². The number of aryl methyl sites for hydroxylation is 1. The fourth-order valence-electron chi connectivity index (χ4n) is 2.24. The number of rotatable bonds is 7. The van der Waals surface area contributed by atoms with Gasteiger partial charge in [-0.1, -0.05) is 25.1 Å². The fourth-order valence-corrected chi connectivity index (χ4v) is 2.24. The highest BCUT2D eigenvalue weighted by atomic mass is 16.3. The second-order valence-corrected chi connectivity index (χ2v) is 5.00. The molecule has 0 aliphatic rings. The molecule has 0 spiro atoms. The third kappa shape index (κ3) is 3.61. The molecule has 2 rings (SSSR count). The van der Waals surface area contributed by atoms with Gasteiger partial charge in [-0.3, -0.25) is 0 Å². The SMILES string of the molecule is CCCNC(C)CCCc1cc2ccccc2o1. The number of fused-ring (bicyclic) bond motifs is 1. The van der Waals surface area contributed by atoms with Crippen LogP contribution in [0.25, 0.3) is 11.0 Å². The maximum Gasteiger partial charge on any atom is 0.134 e. The van der Waals surface area contributed by atoms with Crippen LogP contribution < -0.4 is 5.32 Å². The highest BCUT2D eigenvalue weighted by Gasteiger charge is 2.04. The average molecular weight is 245 g/mol. The van der Waals surface area contributed by atoms with Gasteiger partial charge >= 0.3 is 0 Å². The first-order chi connectivity index (χ1) is 8.79. The number of furan rings is 1. The minimum absolute atomic E-state index is 0.606. The van der Waals surface area contributed by atoms with Gasteiger partial charge < -0.3 is 9.73 Å². The Bertz CT molecular complexity index is 442. The van der Waals surface area contributed by atoms with Crippen LogP contribution in [0.4, 0.5) is 0 Å². The molecule has 1 aromatic heterocycles. The van der Waals surface area contributed by atoms with Crippen molar-refractivity contribution < 1.29 is 4.42 Å². The molecule has 2 aromatic rings. The number of benzene rings is 1. The van der Waals surface area contributed by atoms with E-state index >= 15 is 0 Å². The van der Waals surface area contributed by atoms with Crippen LogP contribution in [-0.2, 0) is 6.42 Å². The molecule has 1 N–H and O–H groups in total. The topological polar surface area (TPSA) is 25.2 Å². The number of nitrogens with one attached hydrogen (secondary N) is 1. The monoisotopic (exact) mass is 245 g/mol. The molecule has 1 heterocycles. The first-order valence-corrected chi connectivity index (χ1v) is 7.00. The average Bonchev–Trinajstić information content (AvgIpc) is 2.79. The van der Waals surface area contributed by atoms with E-state index in [2.05, 4.69) is 37.4 Å². The summed E-state index contributed by atoms with van der Waals surface area (Å²) in [5, 5.41) is 4.73. The van der Waals surface area contributed by atoms with Crippen LogP contribution >= 0.6 is 0 Å². The molecule has 1 aromatic carbocycles. The van der Waals surface area contributed by atoms with E-state index in [1.165, 1.54) is 24.6 Å². The normalized spacial score (nSPS) is 13.0. The highest BCUT2D eigenvalue weighted by Crippen LogP contribution is 2.20. The molecule has 2 heteroatoms. The van der Waals surface area contributed by atoms with Crippen LogP contribution in [0.1, 0.15) is 38.9 Å². The molecular formula is C16H23NO. The number of hydrogen-bond acceptors (Lipinski definition) is 2. The van der Waals surface area contributed by atoms with Gasteiger partial charge in [0, 0.05) is 17.8 Å². The molecule has 0 aliphatic heterocycles. The molecule has 0 saturated carbocycles. The molecule has 0 fully saturated rings. The Balaban J connectivity index is 1.79. The summed E-state index contributed by atoms with van der Waals surface area (Å²) in [6.07, 6.45) is 4.62. The Morgan fingerprint density at radius 3 is 2.89 bits per heavy atom. The maximum atomic E-state index is 5.81. The largest absolute Gasteiger partial charge is 0.461 e. The first-order valence-electron chi connectivity index (χ1n) is 7.00. The predicted molar refractivity (Wildman–Crippen MR) is 76.9 cm³/mol. The zero-order valence-electron chi connectivity index (χ0n) is 11.4. The quantitative estimate of drug-likeness (QED) is 0.793. The summed E-state index contributed by atoms with van der Waals surface area (Å²) < 4.78 is 5.81. The van der Waals surface area contributed by atoms with Gasteiger partial charge in [0.15, 0.2) is 0 Å².